The number of imide groups is 1. The van der Waals surface area contributed by atoms with Crippen LogP contribution in [-0.2, 0) is 11.0 Å². The summed E-state index contributed by atoms with van der Waals surface area (Å²) in [6, 6.07) is 7.72. The second-order valence-corrected chi connectivity index (χ2v) is 9.37. The van der Waals surface area contributed by atoms with Gasteiger partial charge in [-0.25, -0.2) is 9.69 Å². The molecule has 0 saturated carbocycles. The van der Waals surface area contributed by atoms with Crippen LogP contribution in [0, 0.1) is 18.3 Å². The van der Waals surface area contributed by atoms with Gasteiger partial charge in [0.25, 0.3) is 5.91 Å². The van der Waals surface area contributed by atoms with Crippen molar-refractivity contribution in [1.82, 2.24) is 9.80 Å². The minimum atomic E-state index is -4.49. The van der Waals surface area contributed by atoms with Gasteiger partial charge < -0.3 is 15.1 Å². The molecule has 0 aliphatic carbocycles. The first kappa shape index (κ1) is 23.4. The Balaban J connectivity index is 1.38. The van der Waals surface area contributed by atoms with Crippen molar-refractivity contribution in [3.05, 3.63) is 58.1 Å². The number of fused-ring (bicyclic) bond motifs is 5. The molecule has 3 atom stereocenters. The molecule has 3 amide bonds. The number of likely N-dealkylation sites (tertiary alicyclic amines) is 1. The fourth-order valence-corrected chi connectivity index (χ4v) is 5.61. The molecule has 35 heavy (non-hydrogen) atoms. The van der Waals surface area contributed by atoms with Gasteiger partial charge >= 0.3 is 12.2 Å². The monoisotopic (exact) mass is 519 g/mol. The number of nitrogens with zero attached hydrogens (tertiary/aromatic N) is 4. The Morgan fingerprint density at radius 2 is 2.00 bits per heavy atom. The number of piperazine rings is 1. The number of halogens is 4. The van der Waals surface area contributed by atoms with Crippen LogP contribution in [0.4, 0.5) is 29.3 Å². The third-order valence-electron chi connectivity index (χ3n) is 6.69. The van der Waals surface area contributed by atoms with Crippen molar-refractivity contribution in [2.45, 2.75) is 37.6 Å². The van der Waals surface area contributed by atoms with Gasteiger partial charge in [-0.15, -0.1) is 0 Å². The molecule has 3 aliphatic rings. The highest BCUT2D eigenvalue weighted by Gasteiger charge is 2.62. The van der Waals surface area contributed by atoms with E-state index in [0.29, 0.717) is 24.2 Å². The number of hydrogen-bond donors (Lipinski definition) is 1. The topological polar surface area (TPSA) is 79.7 Å². The van der Waals surface area contributed by atoms with Gasteiger partial charge in [0.05, 0.1) is 33.9 Å². The number of carbonyl (C=O) groups is 2. The van der Waals surface area contributed by atoms with Crippen LogP contribution in [0.15, 0.2) is 36.4 Å². The molecule has 3 aliphatic heterocycles. The Hall–Kier alpha value is -3.36. The van der Waals surface area contributed by atoms with Crippen LogP contribution in [-0.4, -0.2) is 51.5 Å². The molecule has 1 unspecified atom stereocenters. The number of thiocarbonyl (C=S) groups is 1. The van der Waals surface area contributed by atoms with Gasteiger partial charge in [-0.1, -0.05) is 17.7 Å². The van der Waals surface area contributed by atoms with Crippen molar-refractivity contribution in [1.29, 1.82) is 5.26 Å². The molecule has 1 N–H and O–H groups in total. The number of benzene rings is 2. The highest BCUT2D eigenvalue weighted by atomic mass is 35.5. The van der Waals surface area contributed by atoms with Crippen LogP contribution in [0.3, 0.4) is 0 Å². The molecule has 5 rings (SSSR count). The average molecular weight is 520 g/mol. The number of amides is 3. The largest absolute Gasteiger partial charge is 0.416 e. The minimum absolute atomic E-state index is 0.175. The standard InChI is InChI=1S/C23H17ClF3N5O2S/c1-11-16(6-5-12(9-28)18(11)24)32-20(33)19-17-8-15(31(19)22(32)34)10-30(17)21(35)29-14-4-2-3-13(7-14)23(25,26)27/h2-7,15,17,19H,8,10H2,1H3,(H,29,35)/t15-,17?,19-/m1/s1. The molecule has 0 spiro atoms. The SMILES string of the molecule is Cc1c(N2C(=O)[C@H]3C4C[C@H](CN4C(=S)Nc4cccc(C(F)(F)F)c4)N3C2=O)ccc(C#N)c1Cl. The summed E-state index contributed by atoms with van der Waals surface area (Å²) in [6.45, 7) is 1.99. The van der Waals surface area contributed by atoms with E-state index in [0.717, 1.165) is 17.0 Å². The lowest BCUT2D eigenvalue weighted by atomic mass is 10.1. The van der Waals surface area contributed by atoms with Gasteiger partial charge in [-0.3, -0.25) is 4.79 Å². The van der Waals surface area contributed by atoms with Gasteiger partial charge in [-0.2, -0.15) is 18.4 Å². The molecular weight excluding hydrogens is 503 g/mol. The zero-order valence-electron chi connectivity index (χ0n) is 18.1. The maximum absolute atomic E-state index is 13.4. The number of urea groups is 1. The molecule has 2 bridgehead atoms. The minimum Gasteiger partial charge on any atom is -0.341 e. The van der Waals surface area contributed by atoms with Crippen LogP contribution in [0.5, 0.6) is 0 Å². The highest BCUT2D eigenvalue weighted by Crippen LogP contribution is 2.44. The Bertz CT molecular complexity index is 1330. The molecule has 7 nitrogen and oxygen atoms in total. The molecule has 3 heterocycles. The number of alkyl halides is 3. The van der Waals surface area contributed by atoms with Crippen molar-refractivity contribution in [3.63, 3.8) is 0 Å². The summed E-state index contributed by atoms with van der Waals surface area (Å²) < 4.78 is 39.2. The predicted molar refractivity (Wildman–Crippen MR) is 126 cm³/mol. The number of nitriles is 1. The quantitative estimate of drug-likeness (QED) is 0.464. The van der Waals surface area contributed by atoms with Gasteiger partial charge in [-0.05, 0) is 61.5 Å². The molecule has 3 saturated heterocycles. The van der Waals surface area contributed by atoms with E-state index in [2.05, 4.69) is 5.32 Å². The molecule has 12 heteroatoms. The number of anilines is 2. The van der Waals surface area contributed by atoms with Crippen LogP contribution in [0.1, 0.15) is 23.1 Å². The summed E-state index contributed by atoms with van der Waals surface area (Å²) in [6.07, 6.45) is -3.97. The lowest BCUT2D eigenvalue weighted by Gasteiger charge is -2.36. The Kier molecular flexibility index (Phi) is 5.41. The highest BCUT2D eigenvalue weighted by molar-refractivity contribution is 7.80. The van der Waals surface area contributed by atoms with E-state index in [1.165, 1.54) is 24.3 Å². The summed E-state index contributed by atoms with van der Waals surface area (Å²) in [5.74, 6) is -0.432. The summed E-state index contributed by atoms with van der Waals surface area (Å²) in [5.41, 5.74) is 0.379. The van der Waals surface area contributed by atoms with E-state index in [4.69, 9.17) is 23.8 Å². The van der Waals surface area contributed by atoms with Crippen molar-refractivity contribution in [2.75, 3.05) is 16.8 Å². The first-order chi connectivity index (χ1) is 16.5. The van der Waals surface area contributed by atoms with E-state index in [1.807, 2.05) is 6.07 Å². The maximum atomic E-state index is 13.4. The lowest BCUT2D eigenvalue weighted by molar-refractivity contribution is -0.137. The van der Waals surface area contributed by atoms with Crippen molar-refractivity contribution in [3.8, 4) is 6.07 Å². The molecular formula is C23H17ClF3N5O2S. The molecule has 2 aromatic rings. The van der Waals surface area contributed by atoms with Gasteiger partial charge in [0.2, 0.25) is 0 Å². The Morgan fingerprint density at radius 3 is 2.69 bits per heavy atom. The normalized spacial score (nSPS) is 23.1. The summed E-state index contributed by atoms with van der Waals surface area (Å²) in [7, 11) is 0. The third kappa shape index (κ3) is 3.59. The number of hydrogen-bond acceptors (Lipinski definition) is 4. The Labute approximate surface area is 208 Å². The van der Waals surface area contributed by atoms with Crippen molar-refractivity contribution >= 4 is 52.2 Å². The summed E-state index contributed by atoms with van der Waals surface area (Å²) >= 11 is 11.7. The fraction of sp³-hybridized carbons (Fsp3) is 0.304. The fourth-order valence-electron chi connectivity index (χ4n) is 5.08. The van der Waals surface area contributed by atoms with E-state index in [1.54, 1.807) is 16.7 Å². The summed E-state index contributed by atoms with van der Waals surface area (Å²) in [5, 5.41) is 12.4. The third-order valence-corrected chi connectivity index (χ3v) is 7.51. The van der Waals surface area contributed by atoms with Crippen molar-refractivity contribution in [2.24, 2.45) is 0 Å². The molecule has 0 radical (unpaired) electrons. The molecule has 180 valence electrons. The van der Waals surface area contributed by atoms with Crippen LogP contribution < -0.4 is 10.2 Å². The van der Waals surface area contributed by atoms with E-state index in [-0.39, 0.29) is 27.4 Å². The van der Waals surface area contributed by atoms with E-state index in [9.17, 15) is 28.0 Å². The zero-order chi connectivity index (χ0) is 25.2. The van der Waals surface area contributed by atoms with Crippen molar-refractivity contribution < 1.29 is 22.8 Å². The molecule has 2 aromatic carbocycles. The Morgan fingerprint density at radius 1 is 1.26 bits per heavy atom. The number of nitrogens with one attached hydrogen (secondary N) is 1. The first-order valence-corrected chi connectivity index (χ1v) is 11.4. The van der Waals surface area contributed by atoms with Gasteiger partial charge in [0, 0.05) is 12.2 Å². The van der Waals surface area contributed by atoms with E-state index >= 15 is 0 Å². The van der Waals surface area contributed by atoms with E-state index < -0.39 is 35.8 Å². The second kappa shape index (κ2) is 8.10. The second-order valence-electron chi connectivity index (χ2n) is 8.61. The van der Waals surface area contributed by atoms with Gasteiger partial charge in [0.1, 0.15) is 12.1 Å². The summed E-state index contributed by atoms with van der Waals surface area (Å²) in [4.78, 5) is 31.1. The zero-order valence-corrected chi connectivity index (χ0v) is 19.7. The molecule has 0 aromatic heterocycles. The van der Waals surface area contributed by atoms with Crippen LogP contribution in [0.2, 0.25) is 5.02 Å². The lowest BCUT2D eigenvalue weighted by Crippen LogP contribution is -2.55. The van der Waals surface area contributed by atoms with Gasteiger partial charge in [0.15, 0.2) is 5.11 Å². The number of rotatable bonds is 2. The molecule has 3 fully saturated rings. The first-order valence-electron chi connectivity index (χ1n) is 10.6. The average Bonchev–Trinajstić information content (AvgIpc) is 3.47. The predicted octanol–water partition coefficient (Wildman–Crippen LogP) is 4.53. The maximum Gasteiger partial charge on any atom is 0.416 e. The number of carbonyl (C=O) groups excluding carboxylic acids is 2. The van der Waals surface area contributed by atoms with Crippen LogP contribution in [0.25, 0.3) is 0 Å². The smallest absolute Gasteiger partial charge is 0.341 e. The van der Waals surface area contributed by atoms with Crippen LogP contribution >= 0.6 is 23.8 Å².